The molecule has 3 amide bonds. The molecule has 0 saturated heterocycles. The molecule has 0 bridgehead atoms. The van der Waals surface area contributed by atoms with Crippen molar-refractivity contribution >= 4 is 27.7 Å². The number of benzene rings is 2. The normalized spacial score (nSPS) is 15.5. The first-order chi connectivity index (χ1) is 16.3. The standard InChI is InChI=1S/C25H30FN3O5S/c1-17(23(31)27-25(2,3)4)28(16-18-10-5-7-12-20(18)26)22(30)14-9-15-29-24(32)19-11-6-8-13-21(19)35(29,33)34/h5-8,10-13,17H,9,14-16H2,1-4H3,(H,27,31)/t17-/m1/s1. The van der Waals surface area contributed by atoms with Gasteiger partial charge in [0.2, 0.25) is 11.8 Å². The Kier molecular flexibility index (Phi) is 7.64. The summed E-state index contributed by atoms with van der Waals surface area (Å²) in [5, 5.41) is 2.82. The molecular weight excluding hydrogens is 473 g/mol. The van der Waals surface area contributed by atoms with E-state index in [1.807, 2.05) is 20.8 Å². The summed E-state index contributed by atoms with van der Waals surface area (Å²) in [5.74, 6) is -1.98. The first kappa shape index (κ1) is 26.3. The van der Waals surface area contributed by atoms with Gasteiger partial charge in [-0.25, -0.2) is 17.1 Å². The number of fused-ring (bicyclic) bond motifs is 1. The predicted octanol–water partition coefficient (Wildman–Crippen LogP) is 3.08. The van der Waals surface area contributed by atoms with Crippen LogP contribution in [0, 0.1) is 5.82 Å². The quantitative estimate of drug-likeness (QED) is 0.596. The summed E-state index contributed by atoms with van der Waals surface area (Å²) in [5.41, 5.74) is -0.172. The van der Waals surface area contributed by atoms with Crippen molar-refractivity contribution in [2.45, 2.75) is 63.6 Å². The molecule has 0 saturated carbocycles. The van der Waals surface area contributed by atoms with Crippen LogP contribution in [0.5, 0.6) is 0 Å². The molecule has 0 radical (unpaired) electrons. The third kappa shape index (κ3) is 5.87. The fraction of sp³-hybridized carbons (Fsp3) is 0.400. The monoisotopic (exact) mass is 503 g/mol. The van der Waals surface area contributed by atoms with Gasteiger partial charge in [-0.05, 0) is 52.3 Å². The van der Waals surface area contributed by atoms with Crippen molar-refractivity contribution in [1.82, 2.24) is 14.5 Å². The average Bonchev–Trinajstić information content (AvgIpc) is 2.97. The number of nitrogens with one attached hydrogen (secondary N) is 1. The van der Waals surface area contributed by atoms with Crippen LogP contribution in [-0.2, 0) is 26.2 Å². The zero-order valence-corrected chi connectivity index (χ0v) is 21.1. The van der Waals surface area contributed by atoms with Crippen molar-refractivity contribution in [2.75, 3.05) is 6.54 Å². The first-order valence-corrected chi connectivity index (χ1v) is 12.8. The minimum atomic E-state index is -3.97. The Morgan fingerprint density at radius 3 is 2.34 bits per heavy atom. The molecule has 35 heavy (non-hydrogen) atoms. The molecule has 8 nitrogen and oxygen atoms in total. The minimum Gasteiger partial charge on any atom is -0.350 e. The molecule has 1 N–H and O–H groups in total. The van der Waals surface area contributed by atoms with Gasteiger partial charge in [-0.2, -0.15) is 0 Å². The lowest BCUT2D eigenvalue weighted by Crippen LogP contribution is -2.52. The number of rotatable bonds is 8. The molecule has 1 aliphatic heterocycles. The molecule has 0 spiro atoms. The molecule has 1 aliphatic rings. The molecule has 0 aliphatic carbocycles. The van der Waals surface area contributed by atoms with E-state index < -0.39 is 45.1 Å². The van der Waals surface area contributed by atoms with Crippen LogP contribution in [0.2, 0.25) is 0 Å². The maximum Gasteiger partial charge on any atom is 0.269 e. The molecule has 0 unspecified atom stereocenters. The van der Waals surface area contributed by atoms with E-state index in [0.717, 1.165) is 4.31 Å². The van der Waals surface area contributed by atoms with Crippen molar-refractivity contribution in [3.05, 3.63) is 65.5 Å². The van der Waals surface area contributed by atoms with Gasteiger partial charge < -0.3 is 10.2 Å². The fourth-order valence-corrected chi connectivity index (χ4v) is 5.44. The second-order valence-corrected chi connectivity index (χ2v) is 11.3. The second-order valence-electron chi connectivity index (χ2n) is 9.51. The number of amides is 3. The summed E-state index contributed by atoms with van der Waals surface area (Å²) in [6, 6.07) is 11.0. The minimum absolute atomic E-state index is 0.0509. The smallest absolute Gasteiger partial charge is 0.269 e. The van der Waals surface area contributed by atoms with E-state index in [0.29, 0.717) is 0 Å². The van der Waals surface area contributed by atoms with Crippen LogP contribution < -0.4 is 5.32 Å². The number of hydrogen-bond acceptors (Lipinski definition) is 5. The summed E-state index contributed by atoms with van der Waals surface area (Å²) in [6.45, 7) is 6.68. The van der Waals surface area contributed by atoms with Crippen molar-refractivity contribution in [3.63, 3.8) is 0 Å². The number of halogens is 1. The van der Waals surface area contributed by atoms with Crippen LogP contribution in [0.25, 0.3) is 0 Å². The van der Waals surface area contributed by atoms with Crippen molar-refractivity contribution in [1.29, 1.82) is 0 Å². The van der Waals surface area contributed by atoms with Crippen LogP contribution in [0.3, 0.4) is 0 Å². The third-order valence-electron chi connectivity index (χ3n) is 5.63. The molecular formula is C25H30FN3O5S. The Morgan fingerprint density at radius 2 is 1.71 bits per heavy atom. The molecule has 10 heteroatoms. The molecule has 1 heterocycles. The predicted molar refractivity (Wildman–Crippen MR) is 128 cm³/mol. The van der Waals surface area contributed by atoms with E-state index in [9.17, 15) is 27.2 Å². The zero-order chi connectivity index (χ0) is 26.0. The number of nitrogens with zero attached hydrogens (tertiary/aromatic N) is 2. The average molecular weight is 504 g/mol. The van der Waals surface area contributed by atoms with Crippen molar-refractivity contribution < 1.29 is 27.2 Å². The summed E-state index contributed by atoms with van der Waals surface area (Å²) < 4.78 is 40.5. The third-order valence-corrected chi connectivity index (χ3v) is 7.47. The number of sulfonamides is 1. The molecule has 2 aromatic carbocycles. The van der Waals surface area contributed by atoms with Crippen LogP contribution >= 0.6 is 0 Å². The highest BCUT2D eigenvalue weighted by atomic mass is 32.2. The van der Waals surface area contributed by atoms with Crippen molar-refractivity contribution in [2.24, 2.45) is 0 Å². The van der Waals surface area contributed by atoms with Crippen LogP contribution in [-0.4, -0.2) is 53.5 Å². The van der Waals surface area contributed by atoms with Crippen molar-refractivity contribution in [3.8, 4) is 0 Å². The number of carbonyl (C=O) groups is 3. The summed E-state index contributed by atoms with van der Waals surface area (Å²) in [7, 11) is -3.97. The Hall–Kier alpha value is -3.27. The lowest BCUT2D eigenvalue weighted by Gasteiger charge is -2.31. The number of carbonyl (C=O) groups excluding carboxylic acids is 3. The maximum absolute atomic E-state index is 14.3. The Labute approximate surface area is 205 Å². The van der Waals surface area contributed by atoms with E-state index >= 15 is 0 Å². The maximum atomic E-state index is 14.3. The fourth-order valence-electron chi connectivity index (χ4n) is 3.84. The highest BCUT2D eigenvalue weighted by Crippen LogP contribution is 2.30. The first-order valence-electron chi connectivity index (χ1n) is 11.3. The van der Waals surface area contributed by atoms with Gasteiger partial charge in [0.15, 0.2) is 0 Å². The Morgan fingerprint density at radius 1 is 1.09 bits per heavy atom. The molecule has 0 aromatic heterocycles. The highest BCUT2D eigenvalue weighted by Gasteiger charge is 2.40. The van der Waals surface area contributed by atoms with Gasteiger partial charge >= 0.3 is 0 Å². The molecule has 3 rings (SSSR count). The molecule has 2 aromatic rings. The largest absolute Gasteiger partial charge is 0.350 e. The van der Waals surface area contributed by atoms with Gasteiger partial charge in [0.25, 0.3) is 15.9 Å². The topological polar surface area (TPSA) is 104 Å². The summed E-state index contributed by atoms with van der Waals surface area (Å²) >= 11 is 0. The second kappa shape index (κ2) is 10.2. The van der Waals surface area contributed by atoms with Gasteiger partial charge in [0.05, 0.1) is 5.56 Å². The van der Waals surface area contributed by atoms with E-state index in [-0.39, 0.29) is 42.0 Å². The van der Waals surface area contributed by atoms with Gasteiger partial charge in [0, 0.05) is 30.6 Å². The van der Waals surface area contributed by atoms with E-state index in [2.05, 4.69) is 5.32 Å². The van der Waals surface area contributed by atoms with Gasteiger partial charge in [-0.1, -0.05) is 30.3 Å². The van der Waals surface area contributed by atoms with Crippen LogP contribution in [0.1, 0.15) is 56.5 Å². The molecule has 188 valence electrons. The lowest BCUT2D eigenvalue weighted by atomic mass is 10.1. The zero-order valence-electron chi connectivity index (χ0n) is 20.2. The van der Waals surface area contributed by atoms with Gasteiger partial charge in [-0.3, -0.25) is 14.4 Å². The van der Waals surface area contributed by atoms with Crippen LogP contribution in [0.4, 0.5) is 4.39 Å². The van der Waals surface area contributed by atoms with E-state index in [1.165, 1.54) is 35.2 Å². The summed E-state index contributed by atoms with van der Waals surface area (Å²) in [4.78, 5) is 39.8. The number of hydrogen-bond donors (Lipinski definition) is 1. The molecule has 1 atom stereocenters. The van der Waals surface area contributed by atoms with Gasteiger partial charge in [-0.15, -0.1) is 0 Å². The van der Waals surface area contributed by atoms with E-state index in [1.54, 1.807) is 25.1 Å². The van der Waals surface area contributed by atoms with E-state index in [4.69, 9.17) is 0 Å². The van der Waals surface area contributed by atoms with Gasteiger partial charge in [0.1, 0.15) is 16.8 Å². The Bertz CT molecular complexity index is 1240. The Balaban J connectivity index is 1.73. The summed E-state index contributed by atoms with van der Waals surface area (Å²) in [6.07, 6.45) is -0.0730. The van der Waals surface area contributed by atoms with Crippen LogP contribution in [0.15, 0.2) is 53.4 Å². The SMILES string of the molecule is C[C@H](C(=O)NC(C)(C)C)N(Cc1ccccc1F)C(=O)CCCN1C(=O)c2ccccc2S1(=O)=O. The highest BCUT2D eigenvalue weighted by molar-refractivity contribution is 7.90. The molecule has 0 fully saturated rings. The lowest BCUT2D eigenvalue weighted by molar-refractivity contribution is -0.141.